The summed E-state index contributed by atoms with van der Waals surface area (Å²) >= 11 is 0. The molecule has 3 aromatic heterocycles. The number of hydrogen-bond donors (Lipinski definition) is 1. The van der Waals surface area contributed by atoms with Crippen molar-refractivity contribution in [3.63, 3.8) is 0 Å². The van der Waals surface area contributed by atoms with Gasteiger partial charge in [-0.3, -0.25) is 19.4 Å². The molecule has 0 saturated carbocycles. The smallest absolute Gasteiger partial charge is 0.259 e. The zero-order chi connectivity index (χ0) is 19.8. The number of carbonyl (C=O) groups is 1. The van der Waals surface area contributed by atoms with Crippen LogP contribution in [0.25, 0.3) is 32.9 Å². The van der Waals surface area contributed by atoms with Crippen molar-refractivity contribution in [1.29, 1.82) is 0 Å². The van der Waals surface area contributed by atoms with E-state index in [9.17, 15) is 4.79 Å². The Kier molecular flexibility index (Phi) is 4.02. The Labute approximate surface area is 166 Å². The number of benzene rings is 2. The van der Waals surface area contributed by atoms with Gasteiger partial charge >= 0.3 is 0 Å². The first-order valence-electron chi connectivity index (χ1n) is 9.23. The minimum atomic E-state index is -0.219. The number of nitrogens with one attached hydrogen (secondary N) is 1. The standard InChI is InChI=1S/C23H17N5O/c1-28-21(14-20(27-28)15-8-11-24-12-9-15)26-23(29)19-13-16-5-2-3-6-17(16)18-7-4-10-25-22(18)19/h2-14H,1H3,(H,26,29). The molecule has 140 valence electrons. The summed E-state index contributed by atoms with van der Waals surface area (Å²) in [5, 5.41) is 10.5. The van der Waals surface area contributed by atoms with Crippen molar-refractivity contribution >= 4 is 33.4 Å². The Morgan fingerprint density at radius 3 is 2.59 bits per heavy atom. The minimum Gasteiger partial charge on any atom is -0.307 e. The zero-order valence-corrected chi connectivity index (χ0v) is 15.7. The first kappa shape index (κ1) is 17.1. The Hall–Kier alpha value is -4.06. The van der Waals surface area contributed by atoms with Crippen LogP contribution in [0, 0.1) is 0 Å². The minimum absolute atomic E-state index is 0.219. The maximum Gasteiger partial charge on any atom is 0.259 e. The van der Waals surface area contributed by atoms with E-state index in [1.54, 1.807) is 30.3 Å². The second kappa shape index (κ2) is 6.83. The summed E-state index contributed by atoms with van der Waals surface area (Å²) in [7, 11) is 1.80. The Morgan fingerprint density at radius 1 is 0.931 bits per heavy atom. The molecule has 0 aliphatic carbocycles. The molecular weight excluding hydrogens is 362 g/mol. The highest BCUT2D eigenvalue weighted by Gasteiger charge is 2.16. The summed E-state index contributed by atoms with van der Waals surface area (Å²) in [5.74, 6) is 0.391. The van der Waals surface area contributed by atoms with Crippen LogP contribution in [0.5, 0.6) is 0 Å². The molecule has 6 nitrogen and oxygen atoms in total. The van der Waals surface area contributed by atoms with Gasteiger partial charge in [0.2, 0.25) is 0 Å². The van der Waals surface area contributed by atoms with Gasteiger partial charge < -0.3 is 5.32 Å². The Balaban J connectivity index is 1.56. The Morgan fingerprint density at radius 2 is 1.72 bits per heavy atom. The van der Waals surface area contributed by atoms with Crippen molar-refractivity contribution in [3.05, 3.63) is 84.8 Å². The molecule has 29 heavy (non-hydrogen) atoms. The monoisotopic (exact) mass is 379 g/mol. The number of rotatable bonds is 3. The average molecular weight is 379 g/mol. The molecule has 0 atom stereocenters. The fourth-order valence-corrected chi connectivity index (χ4v) is 3.53. The van der Waals surface area contributed by atoms with Gasteiger partial charge in [0.05, 0.1) is 16.8 Å². The van der Waals surface area contributed by atoms with E-state index in [0.717, 1.165) is 27.4 Å². The van der Waals surface area contributed by atoms with Crippen LogP contribution < -0.4 is 5.32 Å². The number of anilines is 1. The van der Waals surface area contributed by atoms with Gasteiger partial charge in [-0.05, 0) is 35.0 Å². The van der Waals surface area contributed by atoms with Crippen LogP contribution in [0.15, 0.2) is 79.3 Å². The van der Waals surface area contributed by atoms with Gasteiger partial charge in [-0.25, -0.2) is 0 Å². The molecular formula is C23H17N5O. The number of aryl methyl sites for hydroxylation is 1. The van der Waals surface area contributed by atoms with Crippen LogP contribution in [0.4, 0.5) is 5.82 Å². The number of aromatic nitrogens is 4. The van der Waals surface area contributed by atoms with E-state index in [0.29, 0.717) is 16.9 Å². The van der Waals surface area contributed by atoms with Crippen molar-refractivity contribution < 1.29 is 4.79 Å². The van der Waals surface area contributed by atoms with Crippen molar-refractivity contribution in [3.8, 4) is 11.3 Å². The number of nitrogens with zero attached hydrogens (tertiary/aromatic N) is 4. The van der Waals surface area contributed by atoms with E-state index >= 15 is 0 Å². The second-order valence-corrected chi connectivity index (χ2v) is 6.77. The van der Waals surface area contributed by atoms with Crippen molar-refractivity contribution in [2.45, 2.75) is 0 Å². The summed E-state index contributed by atoms with van der Waals surface area (Å²) in [5.41, 5.74) is 2.92. The maximum absolute atomic E-state index is 13.2. The van der Waals surface area contributed by atoms with Crippen LogP contribution in [0.1, 0.15) is 10.4 Å². The summed E-state index contributed by atoms with van der Waals surface area (Å²) < 4.78 is 1.66. The summed E-state index contributed by atoms with van der Waals surface area (Å²) in [6.07, 6.45) is 5.14. The number of carbonyl (C=O) groups excluding carboxylic acids is 1. The van der Waals surface area contributed by atoms with Crippen molar-refractivity contribution in [1.82, 2.24) is 19.7 Å². The zero-order valence-electron chi connectivity index (χ0n) is 15.7. The summed E-state index contributed by atoms with van der Waals surface area (Å²) in [4.78, 5) is 21.7. The molecule has 0 fully saturated rings. The summed E-state index contributed by atoms with van der Waals surface area (Å²) in [6.45, 7) is 0. The number of hydrogen-bond acceptors (Lipinski definition) is 4. The first-order chi connectivity index (χ1) is 14.2. The molecule has 0 aliphatic rings. The normalized spacial score (nSPS) is 11.1. The van der Waals surface area contributed by atoms with Crippen molar-refractivity contribution in [2.24, 2.45) is 7.05 Å². The molecule has 0 bridgehead atoms. The largest absolute Gasteiger partial charge is 0.307 e. The van der Waals surface area contributed by atoms with Crippen LogP contribution in [-0.2, 0) is 7.05 Å². The predicted molar refractivity (Wildman–Crippen MR) is 114 cm³/mol. The van der Waals surface area contributed by atoms with E-state index in [2.05, 4.69) is 20.4 Å². The highest BCUT2D eigenvalue weighted by atomic mass is 16.1. The number of pyridine rings is 2. The molecule has 2 aromatic carbocycles. The SMILES string of the molecule is Cn1nc(-c2ccncc2)cc1NC(=O)c1cc2ccccc2c2cccnc12. The van der Waals surface area contributed by atoms with Gasteiger partial charge in [-0.2, -0.15) is 5.10 Å². The van der Waals surface area contributed by atoms with Crippen LogP contribution in [0.2, 0.25) is 0 Å². The van der Waals surface area contributed by atoms with Gasteiger partial charge in [0, 0.05) is 42.7 Å². The highest BCUT2D eigenvalue weighted by molar-refractivity contribution is 6.18. The first-order valence-corrected chi connectivity index (χ1v) is 9.23. The molecule has 0 unspecified atom stereocenters. The molecule has 5 rings (SSSR count). The lowest BCUT2D eigenvalue weighted by Crippen LogP contribution is -2.15. The topological polar surface area (TPSA) is 72.7 Å². The van der Waals surface area contributed by atoms with Crippen molar-refractivity contribution in [2.75, 3.05) is 5.32 Å². The fourth-order valence-electron chi connectivity index (χ4n) is 3.53. The lowest BCUT2D eigenvalue weighted by molar-refractivity contribution is 0.102. The van der Waals surface area contributed by atoms with E-state index in [-0.39, 0.29) is 5.91 Å². The van der Waals surface area contributed by atoms with Gasteiger partial charge in [-0.15, -0.1) is 0 Å². The molecule has 6 heteroatoms. The molecule has 0 saturated heterocycles. The van der Waals surface area contributed by atoms with Gasteiger partial charge in [0.1, 0.15) is 5.82 Å². The molecule has 5 aromatic rings. The van der Waals surface area contributed by atoms with Gasteiger partial charge in [-0.1, -0.05) is 30.3 Å². The third-order valence-electron chi connectivity index (χ3n) is 4.96. The lowest BCUT2D eigenvalue weighted by Gasteiger charge is -2.10. The average Bonchev–Trinajstić information content (AvgIpc) is 3.14. The lowest BCUT2D eigenvalue weighted by atomic mass is 10.0. The van der Waals surface area contributed by atoms with Crippen LogP contribution in [0.3, 0.4) is 0 Å². The van der Waals surface area contributed by atoms with Crippen LogP contribution in [-0.4, -0.2) is 25.7 Å². The predicted octanol–water partition coefficient (Wildman–Crippen LogP) is 4.44. The second-order valence-electron chi connectivity index (χ2n) is 6.77. The highest BCUT2D eigenvalue weighted by Crippen LogP contribution is 2.28. The number of fused-ring (bicyclic) bond motifs is 3. The van der Waals surface area contributed by atoms with Crippen LogP contribution >= 0.6 is 0 Å². The maximum atomic E-state index is 13.2. The summed E-state index contributed by atoms with van der Waals surface area (Å²) in [6, 6.07) is 19.4. The molecule has 1 amide bonds. The molecule has 1 N–H and O–H groups in total. The van der Waals surface area contributed by atoms with Gasteiger partial charge in [0.25, 0.3) is 5.91 Å². The third-order valence-corrected chi connectivity index (χ3v) is 4.96. The molecule has 3 heterocycles. The number of amides is 1. The molecule has 0 aliphatic heterocycles. The van der Waals surface area contributed by atoms with E-state index < -0.39 is 0 Å². The fraction of sp³-hybridized carbons (Fsp3) is 0.0435. The van der Waals surface area contributed by atoms with Gasteiger partial charge in [0.15, 0.2) is 0 Å². The third kappa shape index (κ3) is 3.00. The van der Waals surface area contributed by atoms with E-state index in [1.165, 1.54) is 0 Å². The van der Waals surface area contributed by atoms with E-state index in [1.807, 2.05) is 60.7 Å². The molecule has 0 spiro atoms. The molecule has 0 radical (unpaired) electrons. The quantitative estimate of drug-likeness (QED) is 0.471. The van der Waals surface area contributed by atoms with E-state index in [4.69, 9.17) is 0 Å². The Bertz CT molecular complexity index is 1360.